The number of Topliss-reactive ketones (excluding diaryl/α,β-unsaturated/α-hetero) is 2. The molecule has 2 aliphatic rings. The quantitative estimate of drug-likeness (QED) is 0.742. The molecule has 0 N–H and O–H groups in total. The number of aryl methyl sites for hydroxylation is 1. The van der Waals surface area contributed by atoms with E-state index in [-0.39, 0.29) is 11.6 Å². The van der Waals surface area contributed by atoms with Gasteiger partial charge in [0.05, 0.1) is 16.9 Å². The molecule has 0 radical (unpaired) electrons. The Morgan fingerprint density at radius 3 is 2.19 bits per heavy atom. The lowest BCUT2D eigenvalue weighted by atomic mass is 9.60. The first-order valence-electron chi connectivity index (χ1n) is 7.57. The molecule has 3 rings (SSSR count). The van der Waals surface area contributed by atoms with E-state index in [9.17, 15) is 14.9 Å². The molecule has 0 amide bonds. The molecule has 108 valence electrons. The monoisotopic (exact) mass is 281 g/mol. The van der Waals surface area contributed by atoms with E-state index in [0.29, 0.717) is 38.5 Å². The number of carbonyl (C=O) groups excluding carboxylic acids is 2. The molecular formula is C18H19NO2. The van der Waals surface area contributed by atoms with Gasteiger partial charge in [-0.2, -0.15) is 5.26 Å². The first-order chi connectivity index (χ1) is 10.0. The van der Waals surface area contributed by atoms with Crippen molar-refractivity contribution in [2.45, 2.75) is 50.9 Å². The van der Waals surface area contributed by atoms with Gasteiger partial charge in [-0.1, -0.05) is 29.8 Å². The summed E-state index contributed by atoms with van der Waals surface area (Å²) in [7, 11) is 0. The van der Waals surface area contributed by atoms with E-state index in [1.165, 1.54) is 0 Å². The summed E-state index contributed by atoms with van der Waals surface area (Å²) in [6.45, 7) is 2.02. The average Bonchev–Trinajstić information content (AvgIpc) is 2.77. The second-order valence-electron chi connectivity index (χ2n) is 6.49. The van der Waals surface area contributed by atoms with Crippen molar-refractivity contribution in [3.8, 4) is 6.07 Å². The van der Waals surface area contributed by atoms with Gasteiger partial charge in [0.2, 0.25) is 0 Å². The normalized spacial score (nSPS) is 23.2. The van der Waals surface area contributed by atoms with Crippen LogP contribution in [0.3, 0.4) is 0 Å². The van der Waals surface area contributed by atoms with Crippen LogP contribution in [0.5, 0.6) is 0 Å². The van der Waals surface area contributed by atoms with Crippen LogP contribution in [0, 0.1) is 23.7 Å². The molecule has 0 atom stereocenters. The highest BCUT2D eigenvalue weighted by Gasteiger charge is 2.54. The van der Waals surface area contributed by atoms with Crippen molar-refractivity contribution in [3.05, 3.63) is 35.4 Å². The Morgan fingerprint density at radius 2 is 1.67 bits per heavy atom. The van der Waals surface area contributed by atoms with Gasteiger partial charge in [0.1, 0.15) is 11.6 Å². The summed E-state index contributed by atoms with van der Waals surface area (Å²) < 4.78 is 0. The highest BCUT2D eigenvalue weighted by molar-refractivity contribution is 6.12. The zero-order valence-electron chi connectivity index (χ0n) is 12.3. The average molecular weight is 281 g/mol. The van der Waals surface area contributed by atoms with Gasteiger partial charge in [-0.3, -0.25) is 9.59 Å². The highest BCUT2D eigenvalue weighted by atomic mass is 16.2. The second-order valence-corrected chi connectivity index (χ2v) is 6.49. The third-order valence-electron chi connectivity index (χ3n) is 5.39. The fourth-order valence-corrected chi connectivity index (χ4v) is 3.93. The number of nitriles is 1. The lowest BCUT2D eigenvalue weighted by Gasteiger charge is -2.39. The first-order valence-corrected chi connectivity index (χ1v) is 7.57. The van der Waals surface area contributed by atoms with Crippen LogP contribution in [-0.4, -0.2) is 11.6 Å². The van der Waals surface area contributed by atoms with Crippen molar-refractivity contribution in [2.75, 3.05) is 0 Å². The number of benzene rings is 1. The van der Waals surface area contributed by atoms with Crippen molar-refractivity contribution >= 4 is 11.6 Å². The minimum atomic E-state index is -0.760. The second kappa shape index (κ2) is 4.80. The smallest absolute Gasteiger partial charge is 0.146 e. The number of hydrogen-bond acceptors (Lipinski definition) is 3. The number of nitrogens with zero attached hydrogens (tertiary/aromatic N) is 1. The summed E-state index contributed by atoms with van der Waals surface area (Å²) in [5.41, 5.74) is 0.859. The molecule has 2 aliphatic carbocycles. The summed E-state index contributed by atoms with van der Waals surface area (Å²) in [4.78, 5) is 24.3. The summed E-state index contributed by atoms with van der Waals surface area (Å²) in [6, 6.07) is 10.5. The molecule has 0 heterocycles. The van der Waals surface area contributed by atoms with E-state index in [0.717, 1.165) is 11.1 Å². The third kappa shape index (κ3) is 2.01. The van der Waals surface area contributed by atoms with Crippen molar-refractivity contribution < 1.29 is 9.59 Å². The molecule has 0 aliphatic heterocycles. The SMILES string of the molecule is Cc1cccc(C2(C#N)CCC3(CC2)C(=O)CCC3=O)c1. The van der Waals surface area contributed by atoms with Gasteiger partial charge < -0.3 is 0 Å². The summed E-state index contributed by atoms with van der Waals surface area (Å²) in [5, 5.41) is 9.73. The van der Waals surface area contributed by atoms with Gasteiger partial charge in [0.25, 0.3) is 0 Å². The van der Waals surface area contributed by atoms with Crippen LogP contribution >= 0.6 is 0 Å². The van der Waals surface area contributed by atoms with E-state index >= 15 is 0 Å². The fraction of sp³-hybridized carbons (Fsp3) is 0.500. The molecule has 1 aromatic carbocycles. The van der Waals surface area contributed by atoms with Crippen LogP contribution in [-0.2, 0) is 15.0 Å². The molecule has 2 fully saturated rings. The van der Waals surface area contributed by atoms with Gasteiger partial charge >= 0.3 is 0 Å². The minimum absolute atomic E-state index is 0.100. The topological polar surface area (TPSA) is 57.9 Å². The van der Waals surface area contributed by atoms with Crippen LogP contribution < -0.4 is 0 Å². The Morgan fingerprint density at radius 1 is 1.05 bits per heavy atom. The van der Waals surface area contributed by atoms with Crippen molar-refractivity contribution in [1.29, 1.82) is 5.26 Å². The molecular weight excluding hydrogens is 262 g/mol. The van der Waals surface area contributed by atoms with Crippen molar-refractivity contribution in [2.24, 2.45) is 5.41 Å². The number of ketones is 2. The van der Waals surface area contributed by atoms with Gasteiger partial charge in [-0.15, -0.1) is 0 Å². The molecule has 2 saturated carbocycles. The summed E-state index contributed by atoms with van der Waals surface area (Å²) in [6.07, 6.45) is 3.05. The highest BCUT2D eigenvalue weighted by Crippen LogP contribution is 2.51. The Kier molecular flexibility index (Phi) is 3.20. The van der Waals surface area contributed by atoms with E-state index in [2.05, 4.69) is 12.1 Å². The first kappa shape index (κ1) is 14.0. The molecule has 0 bridgehead atoms. The van der Waals surface area contributed by atoms with E-state index in [4.69, 9.17) is 0 Å². The lowest BCUT2D eigenvalue weighted by molar-refractivity contribution is -0.137. The summed E-state index contributed by atoms with van der Waals surface area (Å²) in [5.74, 6) is 0.201. The lowest BCUT2D eigenvalue weighted by Crippen LogP contribution is -2.42. The number of rotatable bonds is 1. The molecule has 1 spiro atoms. The van der Waals surface area contributed by atoms with Crippen LogP contribution in [0.4, 0.5) is 0 Å². The Hall–Kier alpha value is -1.95. The zero-order valence-corrected chi connectivity index (χ0v) is 12.3. The largest absolute Gasteiger partial charge is 0.299 e. The molecule has 21 heavy (non-hydrogen) atoms. The number of carbonyl (C=O) groups is 2. The van der Waals surface area contributed by atoms with Gasteiger partial charge in [-0.25, -0.2) is 0 Å². The van der Waals surface area contributed by atoms with E-state index < -0.39 is 10.8 Å². The molecule has 0 aromatic heterocycles. The molecule has 3 heteroatoms. The maximum atomic E-state index is 12.1. The third-order valence-corrected chi connectivity index (χ3v) is 5.39. The van der Waals surface area contributed by atoms with Gasteiger partial charge in [-0.05, 0) is 38.2 Å². The zero-order chi connectivity index (χ0) is 15.1. The van der Waals surface area contributed by atoms with Crippen LogP contribution in [0.15, 0.2) is 24.3 Å². The van der Waals surface area contributed by atoms with Crippen LogP contribution in [0.2, 0.25) is 0 Å². The molecule has 3 nitrogen and oxygen atoms in total. The van der Waals surface area contributed by atoms with Crippen molar-refractivity contribution in [1.82, 2.24) is 0 Å². The Bertz CT molecular complexity index is 627. The fourth-order valence-electron chi connectivity index (χ4n) is 3.93. The van der Waals surface area contributed by atoms with E-state index in [1.807, 2.05) is 25.1 Å². The molecule has 1 aromatic rings. The molecule has 0 unspecified atom stereocenters. The maximum Gasteiger partial charge on any atom is 0.146 e. The van der Waals surface area contributed by atoms with E-state index in [1.54, 1.807) is 0 Å². The standard InChI is InChI=1S/C18H19NO2/c1-13-3-2-4-14(11-13)17(12-19)7-9-18(10-8-17)15(20)5-6-16(18)21/h2-4,11H,5-10H2,1H3. The van der Waals surface area contributed by atoms with Gasteiger partial charge in [0, 0.05) is 12.8 Å². The molecule has 0 saturated heterocycles. The predicted molar refractivity (Wildman–Crippen MR) is 78.6 cm³/mol. The van der Waals surface area contributed by atoms with Crippen LogP contribution in [0.1, 0.15) is 49.7 Å². The van der Waals surface area contributed by atoms with Crippen LogP contribution in [0.25, 0.3) is 0 Å². The summed E-state index contributed by atoms with van der Waals surface area (Å²) >= 11 is 0. The van der Waals surface area contributed by atoms with Crippen molar-refractivity contribution in [3.63, 3.8) is 0 Å². The predicted octanol–water partition coefficient (Wildman–Crippen LogP) is 3.25. The Balaban J connectivity index is 1.91. The minimum Gasteiger partial charge on any atom is -0.299 e. The number of hydrogen-bond donors (Lipinski definition) is 0. The maximum absolute atomic E-state index is 12.1. The van der Waals surface area contributed by atoms with Gasteiger partial charge in [0.15, 0.2) is 0 Å². The Labute approximate surface area is 125 Å².